The SMILES string of the molecule is CC(=O)OCC1O[C@@H](Oc2cc(O)cc3[o+]c(-c4ccc(O)cc4)c(O[C@@H]4OC(CO)[C@@H](O)C(O)C4O)cc23)C(O)[C@@H](O)[C@@H]1O. The molecule has 2 fully saturated rings. The molecule has 5 rings (SSSR count). The van der Waals surface area contributed by atoms with Crippen LogP contribution < -0.4 is 9.47 Å². The van der Waals surface area contributed by atoms with Gasteiger partial charge in [0.2, 0.25) is 18.3 Å². The maximum absolute atomic E-state index is 11.3. The first-order valence-electron chi connectivity index (χ1n) is 13.8. The number of hydrogen-bond acceptors (Lipinski definition) is 15. The van der Waals surface area contributed by atoms with Crippen LogP contribution in [0.4, 0.5) is 0 Å². The van der Waals surface area contributed by atoms with E-state index in [1.807, 2.05) is 0 Å². The Hall–Kier alpha value is -3.84. The predicted molar refractivity (Wildman–Crippen MR) is 148 cm³/mol. The summed E-state index contributed by atoms with van der Waals surface area (Å²) in [6.07, 6.45) is -16.3. The number of benzene rings is 2. The molecule has 0 amide bonds. The van der Waals surface area contributed by atoms with Crippen LogP contribution in [-0.4, -0.2) is 127 Å². The Bertz CT molecular complexity index is 1500. The number of aliphatic hydroxyl groups is 7. The zero-order valence-corrected chi connectivity index (χ0v) is 23.6. The fourth-order valence-electron chi connectivity index (χ4n) is 4.94. The number of hydrogen-bond donors (Lipinski definition) is 9. The Morgan fingerprint density at radius 1 is 0.756 bits per heavy atom. The molecule has 0 radical (unpaired) electrons. The standard InChI is InChI=1S/C29H32O16/c1-11(31)40-10-20-22(35)24(37)26(39)28(45-20)42-17-7-14(33)6-16-15(17)8-18(27(41-16)12-2-4-13(32)5-3-12)43-29-25(38)23(36)21(34)19(9-30)44-29/h2-8,19-26,28-30,34-39H,9-10H2,1H3,(H-,32,33)/p+1/t19?,20?,21-,22-,23?,24+,25?,26?,28-,29-/m1/s1. The van der Waals surface area contributed by atoms with Crippen molar-refractivity contribution in [1.29, 1.82) is 0 Å². The summed E-state index contributed by atoms with van der Waals surface area (Å²) in [5.41, 5.74) is 0.341. The topological polar surface area (TPSA) is 257 Å². The van der Waals surface area contributed by atoms with Crippen LogP contribution in [0.5, 0.6) is 23.0 Å². The van der Waals surface area contributed by atoms with Gasteiger partial charge >= 0.3 is 17.3 Å². The summed E-state index contributed by atoms with van der Waals surface area (Å²) in [6, 6.07) is 9.36. The van der Waals surface area contributed by atoms with E-state index in [1.54, 1.807) is 0 Å². The number of aromatic hydroxyl groups is 2. The van der Waals surface area contributed by atoms with Gasteiger partial charge in [0.1, 0.15) is 78.1 Å². The van der Waals surface area contributed by atoms with E-state index in [2.05, 4.69) is 0 Å². The predicted octanol–water partition coefficient (Wildman–Crippen LogP) is -1.28. The second-order valence-corrected chi connectivity index (χ2v) is 10.6. The number of esters is 1. The number of carbonyl (C=O) groups is 1. The summed E-state index contributed by atoms with van der Waals surface area (Å²) in [5, 5.41) is 92.3. The summed E-state index contributed by atoms with van der Waals surface area (Å²) in [4.78, 5) is 11.3. The Labute approximate surface area is 254 Å². The second kappa shape index (κ2) is 13.3. The van der Waals surface area contributed by atoms with Crippen molar-refractivity contribution in [3.63, 3.8) is 0 Å². The number of aliphatic hydroxyl groups excluding tert-OH is 7. The van der Waals surface area contributed by atoms with Crippen molar-refractivity contribution in [3.8, 4) is 34.3 Å². The maximum Gasteiger partial charge on any atom is 0.402 e. The van der Waals surface area contributed by atoms with E-state index < -0.39 is 80.6 Å². The molecular formula is C29H33O16+. The van der Waals surface area contributed by atoms with E-state index in [0.717, 1.165) is 13.0 Å². The second-order valence-electron chi connectivity index (χ2n) is 10.6. The first-order chi connectivity index (χ1) is 21.4. The van der Waals surface area contributed by atoms with E-state index in [4.69, 9.17) is 28.1 Å². The molecule has 0 aliphatic carbocycles. The first-order valence-corrected chi connectivity index (χ1v) is 13.8. The highest BCUT2D eigenvalue weighted by Crippen LogP contribution is 2.42. The Morgan fingerprint density at radius 3 is 1.93 bits per heavy atom. The summed E-state index contributed by atoms with van der Waals surface area (Å²) in [5.74, 6) is -1.42. The van der Waals surface area contributed by atoms with Crippen LogP contribution in [0.15, 0.2) is 46.9 Å². The molecule has 0 saturated carbocycles. The number of phenols is 2. The van der Waals surface area contributed by atoms with E-state index in [-0.39, 0.29) is 39.7 Å². The molecule has 0 bridgehead atoms. The molecular weight excluding hydrogens is 604 g/mol. The van der Waals surface area contributed by atoms with Gasteiger partial charge in [-0.15, -0.1) is 0 Å². The van der Waals surface area contributed by atoms with Gasteiger partial charge in [-0.25, -0.2) is 4.42 Å². The molecule has 16 heteroatoms. The minimum Gasteiger partial charge on any atom is -0.508 e. The fraction of sp³-hybridized carbons (Fsp3) is 0.448. The van der Waals surface area contributed by atoms with Crippen molar-refractivity contribution in [3.05, 3.63) is 42.5 Å². The molecule has 2 aromatic carbocycles. The van der Waals surface area contributed by atoms with Crippen molar-refractivity contribution in [2.75, 3.05) is 13.2 Å². The lowest BCUT2D eigenvalue weighted by Gasteiger charge is -2.40. The summed E-state index contributed by atoms with van der Waals surface area (Å²) in [7, 11) is 0. The van der Waals surface area contributed by atoms with Gasteiger partial charge in [0.25, 0.3) is 0 Å². The third-order valence-electron chi connectivity index (χ3n) is 7.38. The zero-order chi connectivity index (χ0) is 32.6. The maximum atomic E-state index is 11.3. The average Bonchev–Trinajstić information content (AvgIpc) is 3.01. The molecule has 2 aliphatic heterocycles. The quantitative estimate of drug-likeness (QED) is 0.103. The highest BCUT2D eigenvalue weighted by atomic mass is 16.7. The zero-order valence-electron chi connectivity index (χ0n) is 23.6. The van der Waals surface area contributed by atoms with Crippen LogP contribution in [-0.2, 0) is 19.0 Å². The van der Waals surface area contributed by atoms with Gasteiger partial charge in [-0.1, -0.05) is 0 Å². The molecule has 10 atom stereocenters. The van der Waals surface area contributed by atoms with Crippen LogP contribution in [0, 0.1) is 0 Å². The van der Waals surface area contributed by atoms with Crippen LogP contribution in [0.1, 0.15) is 6.92 Å². The molecule has 244 valence electrons. The van der Waals surface area contributed by atoms with Gasteiger partial charge in [0.05, 0.1) is 18.2 Å². The van der Waals surface area contributed by atoms with Crippen molar-refractivity contribution < 1.29 is 78.9 Å². The summed E-state index contributed by atoms with van der Waals surface area (Å²) >= 11 is 0. The third kappa shape index (κ3) is 6.74. The molecule has 9 N–H and O–H groups in total. The number of rotatable bonds is 8. The molecule has 1 aromatic heterocycles. The average molecular weight is 638 g/mol. The minimum atomic E-state index is -1.80. The van der Waals surface area contributed by atoms with E-state index in [9.17, 15) is 50.8 Å². The highest BCUT2D eigenvalue weighted by Gasteiger charge is 2.47. The number of phenolic OH excluding ortho intramolecular Hbond substituents is 2. The van der Waals surface area contributed by atoms with Gasteiger partial charge in [0.15, 0.2) is 0 Å². The smallest absolute Gasteiger partial charge is 0.402 e. The molecule has 2 aliphatic rings. The molecule has 5 unspecified atom stereocenters. The molecule has 3 aromatic rings. The molecule has 3 heterocycles. The lowest BCUT2D eigenvalue weighted by atomic mass is 9.99. The van der Waals surface area contributed by atoms with Crippen molar-refractivity contribution in [2.45, 2.75) is 68.3 Å². The third-order valence-corrected chi connectivity index (χ3v) is 7.38. The van der Waals surface area contributed by atoms with Gasteiger partial charge in [0, 0.05) is 19.1 Å². The first kappa shape index (κ1) is 32.6. The lowest BCUT2D eigenvalue weighted by molar-refractivity contribution is -0.278. The van der Waals surface area contributed by atoms with Crippen molar-refractivity contribution in [1.82, 2.24) is 0 Å². The lowest BCUT2D eigenvalue weighted by Crippen LogP contribution is -2.60. The van der Waals surface area contributed by atoms with Crippen molar-refractivity contribution in [2.24, 2.45) is 0 Å². The van der Waals surface area contributed by atoms with Crippen LogP contribution in [0.25, 0.3) is 22.3 Å². The van der Waals surface area contributed by atoms with E-state index >= 15 is 0 Å². The minimum absolute atomic E-state index is 0.00317. The Balaban J connectivity index is 1.56. The summed E-state index contributed by atoms with van der Waals surface area (Å²) < 4.78 is 33.8. The fourth-order valence-corrected chi connectivity index (χ4v) is 4.94. The number of carbonyl (C=O) groups excluding carboxylic acids is 1. The Kier molecular flexibility index (Phi) is 9.59. The van der Waals surface area contributed by atoms with E-state index in [0.29, 0.717) is 5.56 Å². The molecule has 16 nitrogen and oxygen atoms in total. The van der Waals surface area contributed by atoms with Crippen molar-refractivity contribution >= 4 is 16.9 Å². The molecule has 45 heavy (non-hydrogen) atoms. The monoisotopic (exact) mass is 637 g/mol. The van der Waals surface area contributed by atoms with Gasteiger partial charge < -0.3 is 69.6 Å². The van der Waals surface area contributed by atoms with E-state index in [1.165, 1.54) is 36.4 Å². The Morgan fingerprint density at radius 2 is 1.33 bits per heavy atom. The van der Waals surface area contributed by atoms with Gasteiger partial charge in [-0.3, -0.25) is 4.79 Å². The molecule has 2 saturated heterocycles. The van der Waals surface area contributed by atoms with Crippen LogP contribution in [0.3, 0.4) is 0 Å². The van der Waals surface area contributed by atoms with Crippen LogP contribution in [0.2, 0.25) is 0 Å². The summed E-state index contributed by atoms with van der Waals surface area (Å²) in [6.45, 7) is -0.0475. The normalized spacial score (nSPS) is 31.8. The van der Waals surface area contributed by atoms with Gasteiger partial charge in [-0.05, 0) is 24.3 Å². The number of ether oxygens (including phenoxy) is 5. The largest absolute Gasteiger partial charge is 0.508 e. The van der Waals surface area contributed by atoms with Crippen LogP contribution >= 0.6 is 0 Å². The molecule has 0 spiro atoms. The number of fused-ring (bicyclic) bond motifs is 1. The highest BCUT2D eigenvalue weighted by molar-refractivity contribution is 5.88. The van der Waals surface area contributed by atoms with Gasteiger partial charge in [-0.2, -0.15) is 0 Å².